The van der Waals surface area contributed by atoms with Crippen LogP contribution in [0.15, 0.2) is 0 Å². The van der Waals surface area contributed by atoms with E-state index in [0.29, 0.717) is 0 Å². The maximum absolute atomic E-state index is 8.74. The SMILES string of the molecule is O=S(=O)(O)O.OCC(O)C(O)O. The van der Waals surface area contributed by atoms with Crippen molar-refractivity contribution in [1.29, 1.82) is 0 Å². The van der Waals surface area contributed by atoms with Gasteiger partial charge < -0.3 is 20.4 Å². The topological polar surface area (TPSA) is 156 Å². The number of rotatable bonds is 2. The van der Waals surface area contributed by atoms with Crippen molar-refractivity contribution in [2.45, 2.75) is 12.4 Å². The molecule has 0 aliphatic carbocycles. The van der Waals surface area contributed by atoms with Gasteiger partial charge in [-0.2, -0.15) is 8.42 Å². The van der Waals surface area contributed by atoms with Crippen LogP contribution in [-0.4, -0.2) is 57.0 Å². The summed E-state index contributed by atoms with van der Waals surface area (Å²) >= 11 is 0. The van der Waals surface area contributed by atoms with Gasteiger partial charge in [-0.25, -0.2) is 0 Å². The van der Waals surface area contributed by atoms with Gasteiger partial charge in [0, 0.05) is 0 Å². The molecule has 9 heteroatoms. The zero-order chi connectivity index (χ0) is 10.4. The number of aliphatic hydroxyl groups is 4. The quantitative estimate of drug-likeness (QED) is 0.206. The summed E-state index contributed by atoms with van der Waals surface area (Å²) in [6.07, 6.45) is -3.26. The third kappa shape index (κ3) is 22.6. The molecule has 0 saturated carbocycles. The van der Waals surface area contributed by atoms with Gasteiger partial charge in [0.2, 0.25) is 0 Å². The van der Waals surface area contributed by atoms with Crippen molar-refractivity contribution in [2.24, 2.45) is 0 Å². The van der Waals surface area contributed by atoms with E-state index in [1.165, 1.54) is 0 Å². The largest absolute Gasteiger partial charge is 0.394 e. The molecule has 0 rings (SSSR count). The summed E-state index contributed by atoms with van der Waals surface area (Å²) in [5.74, 6) is 0. The maximum Gasteiger partial charge on any atom is 0.394 e. The van der Waals surface area contributed by atoms with Gasteiger partial charge in [0.05, 0.1) is 6.61 Å². The predicted molar refractivity (Wildman–Crippen MR) is 35.5 cm³/mol. The van der Waals surface area contributed by atoms with E-state index in [0.717, 1.165) is 0 Å². The van der Waals surface area contributed by atoms with E-state index in [9.17, 15) is 0 Å². The highest BCUT2D eigenvalue weighted by atomic mass is 32.3. The Labute approximate surface area is 68.3 Å². The zero-order valence-electron chi connectivity index (χ0n) is 5.77. The molecule has 0 aromatic heterocycles. The van der Waals surface area contributed by atoms with E-state index in [2.05, 4.69) is 0 Å². The van der Waals surface area contributed by atoms with Crippen LogP contribution in [0.25, 0.3) is 0 Å². The lowest BCUT2D eigenvalue weighted by Crippen LogP contribution is -2.28. The third-order valence-corrected chi connectivity index (χ3v) is 0.531. The molecule has 76 valence electrons. The maximum atomic E-state index is 8.74. The van der Waals surface area contributed by atoms with E-state index >= 15 is 0 Å². The molecule has 0 fully saturated rings. The summed E-state index contributed by atoms with van der Waals surface area (Å²) in [5, 5.41) is 32.1. The molecule has 0 aliphatic rings. The summed E-state index contributed by atoms with van der Waals surface area (Å²) in [6, 6.07) is 0. The van der Waals surface area contributed by atoms with Crippen molar-refractivity contribution >= 4 is 10.4 Å². The number of aliphatic hydroxyl groups excluding tert-OH is 3. The van der Waals surface area contributed by atoms with Gasteiger partial charge >= 0.3 is 10.4 Å². The van der Waals surface area contributed by atoms with Gasteiger partial charge in [-0.3, -0.25) is 9.11 Å². The normalized spacial score (nSPS) is 13.6. The Balaban J connectivity index is 0. The van der Waals surface area contributed by atoms with Gasteiger partial charge in [-0.05, 0) is 0 Å². The monoisotopic (exact) mass is 206 g/mol. The Hall–Kier alpha value is -0.290. The van der Waals surface area contributed by atoms with E-state index in [-0.39, 0.29) is 0 Å². The van der Waals surface area contributed by atoms with Crippen LogP contribution in [0.1, 0.15) is 0 Å². The third-order valence-electron chi connectivity index (χ3n) is 0.531. The van der Waals surface area contributed by atoms with Gasteiger partial charge in [0.15, 0.2) is 6.29 Å². The Morgan fingerprint density at radius 1 is 1.08 bits per heavy atom. The van der Waals surface area contributed by atoms with Gasteiger partial charge in [-0.15, -0.1) is 0 Å². The summed E-state index contributed by atoms with van der Waals surface area (Å²) in [6.45, 7) is -0.627. The van der Waals surface area contributed by atoms with Crippen molar-refractivity contribution in [3.05, 3.63) is 0 Å². The summed E-state index contributed by atoms with van der Waals surface area (Å²) in [7, 11) is -4.67. The summed E-state index contributed by atoms with van der Waals surface area (Å²) in [4.78, 5) is 0. The van der Waals surface area contributed by atoms with E-state index in [4.69, 9.17) is 37.9 Å². The highest BCUT2D eigenvalue weighted by Crippen LogP contribution is 1.83. The molecule has 12 heavy (non-hydrogen) atoms. The number of hydrogen-bond donors (Lipinski definition) is 6. The molecule has 6 N–H and O–H groups in total. The fraction of sp³-hybridized carbons (Fsp3) is 1.00. The molecule has 0 spiro atoms. The molecule has 0 radical (unpaired) electrons. The Morgan fingerprint density at radius 3 is 1.33 bits per heavy atom. The molecule has 0 saturated heterocycles. The molecular weight excluding hydrogens is 196 g/mol. The molecule has 0 amide bonds. The van der Waals surface area contributed by atoms with Crippen LogP contribution in [0.3, 0.4) is 0 Å². The van der Waals surface area contributed by atoms with Crippen molar-refractivity contribution in [1.82, 2.24) is 0 Å². The highest BCUT2D eigenvalue weighted by molar-refractivity contribution is 7.79. The molecule has 8 nitrogen and oxygen atoms in total. The smallest absolute Gasteiger partial charge is 0.393 e. The van der Waals surface area contributed by atoms with Crippen LogP contribution in [0, 0.1) is 0 Å². The second-order valence-electron chi connectivity index (χ2n) is 1.61. The molecule has 0 heterocycles. The van der Waals surface area contributed by atoms with Crippen molar-refractivity contribution in [2.75, 3.05) is 6.61 Å². The van der Waals surface area contributed by atoms with Crippen LogP contribution < -0.4 is 0 Å². The molecule has 1 unspecified atom stereocenters. The van der Waals surface area contributed by atoms with Crippen LogP contribution in [-0.2, 0) is 10.4 Å². The lowest BCUT2D eigenvalue weighted by Gasteiger charge is -2.06. The first-order valence-corrected chi connectivity index (χ1v) is 3.93. The van der Waals surface area contributed by atoms with Crippen molar-refractivity contribution < 1.29 is 37.9 Å². The van der Waals surface area contributed by atoms with Crippen molar-refractivity contribution in [3.8, 4) is 0 Å². The zero-order valence-corrected chi connectivity index (χ0v) is 6.59. The molecule has 0 aromatic carbocycles. The van der Waals surface area contributed by atoms with E-state index < -0.39 is 29.4 Å². The minimum atomic E-state index is -4.67. The first-order chi connectivity index (χ1) is 5.18. The minimum Gasteiger partial charge on any atom is -0.393 e. The number of hydrogen-bond acceptors (Lipinski definition) is 6. The first-order valence-electron chi connectivity index (χ1n) is 2.53. The Morgan fingerprint density at radius 2 is 1.33 bits per heavy atom. The lowest BCUT2D eigenvalue weighted by molar-refractivity contribution is -0.134. The second-order valence-corrected chi connectivity index (χ2v) is 2.51. The Kier molecular flexibility index (Phi) is 7.42. The molecule has 1 atom stereocenters. The average molecular weight is 206 g/mol. The van der Waals surface area contributed by atoms with Gasteiger partial charge in [0.25, 0.3) is 0 Å². The van der Waals surface area contributed by atoms with Crippen LogP contribution in [0.4, 0.5) is 0 Å². The van der Waals surface area contributed by atoms with Gasteiger partial charge in [-0.1, -0.05) is 0 Å². The van der Waals surface area contributed by atoms with E-state index in [1.807, 2.05) is 0 Å². The fourth-order valence-corrected chi connectivity index (χ4v) is 0.0943. The summed E-state index contributed by atoms with van der Waals surface area (Å²) < 4.78 is 31.6. The molecule has 0 aromatic rings. The standard InChI is InChI=1S/C3H8O4.H2O4S/c4-1-2(5)3(6)7;1-5(2,3)4/h2-7H,1H2;(H2,1,2,3,4). The lowest BCUT2D eigenvalue weighted by atomic mass is 10.4. The predicted octanol–water partition coefficient (Wildman–Crippen LogP) is -3.00. The minimum absolute atomic E-state index is 0.627. The second kappa shape index (κ2) is 6.25. The molecule has 0 bridgehead atoms. The Bertz CT molecular complexity index is 174. The summed E-state index contributed by atoms with van der Waals surface area (Å²) in [5.41, 5.74) is 0. The molecular formula is C3H10O8S. The van der Waals surface area contributed by atoms with Crippen LogP contribution in [0.2, 0.25) is 0 Å². The molecule has 0 aliphatic heterocycles. The fourth-order valence-electron chi connectivity index (χ4n) is 0.0943. The highest BCUT2D eigenvalue weighted by Gasteiger charge is 2.08. The first kappa shape index (κ1) is 14.2. The van der Waals surface area contributed by atoms with E-state index in [1.54, 1.807) is 0 Å². The average Bonchev–Trinajstić information content (AvgIpc) is 1.82. The van der Waals surface area contributed by atoms with Gasteiger partial charge in [0.1, 0.15) is 6.10 Å². The van der Waals surface area contributed by atoms with Crippen molar-refractivity contribution in [3.63, 3.8) is 0 Å². The van der Waals surface area contributed by atoms with Crippen LogP contribution in [0.5, 0.6) is 0 Å². The van der Waals surface area contributed by atoms with Crippen LogP contribution >= 0.6 is 0 Å².